The van der Waals surface area contributed by atoms with Gasteiger partial charge in [0.05, 0.1) is 0 Å². The second kappa shape index (κ2) is 6.66. The Balaban J connectivity index is 2.30. The quantitative estimate of drug-likeness (QED) is 0.717. The monoisotopic (exact) mass is 241 g/mol. The number of thiophene rings is 1. The number of carbonyl (C=O) groups excluding carboxylic acids is 1. The van der Waals surface area contributed by atoms with Gasteiger partial charge in [0.2, 0.25) is 0 Å². The van der Waals surface area contributed by atoms with Crippen molar-refractivity contribution in [3.05, 3.63) is 21.9 Å². The average molecular weight is 241 g/mol. The van der Waals surface area contributed by atoms with E-state index in [0.29, 0.717) is 11.5 Å². The Labute approximate surface area is 101 Å². The summed E-state index contributed by atoms with van der Waals surface area (Å²) in [5.41, 5.74) is 0. The number of aryl methyl sites for hydroxylation is 1. The van der Waals surface area contributed by atoms with Crippen LogP contribution in [0.2, 0.25) is 0 Å². The van der Waals surface area contributed by atoms with E-state index in [4.69, 9.17) is 4.74 Å². The molecule has 0 aromatic carbocycles. The highest BCUT2D eigenvalue weighted by Crippen LogP contribution is 2.15. The van der Waals surface area contributed by atoms with Gasteiger partial charge in [-0.05, 0) is 32.1 Å². The van der Waals surface area contributed by atoms with Crippen molar-refractivity contribution in [1.82, 2.24) is 4.90 Å². The van der Waals surface area contributed by atoms with E-state index in [-0.39, 0.29) is 5.97 Å². The first kappa shape index (κ1) is 13.2. The van der Waals surface area contributed by atoms with Gasteiger partial charge in [-0.2, -0.15) is 0 Å². The summed E-state index contributed by atoms with van der Waals surface area (Å²) >= 11 is 1.48. The maximum atomic E-state index is 11.6. The van der Waals surface area contributed by atoms with Crippen LogP contribution < -0.4 is 0 Å². The molecule has 90 valence electrons. The highest BCUT2D eigenvalue weighted by atomic mass is 32.1. The van der Waals surface area contributed by atoms with Crippen molar-refractivity contribution in [3.63, 3.8) is 0 Å². The van der Waals surface area contributed by atoms with Crippen LogP contribution in [0.4, 0.5) is 0 Å². The number of carbonyl (C=O) groups is 1. The molecule has 0 bridgehead atoms. The van der Waals surface area contributed by atoms with E-state index >= 15 is 0 Å². The first-order chi connectivity index (χ1) is 7.67. The smallest absolute Gasteiger partial charge is 0.348 e. The molecule has 0 spiro atoms. The van der Waals surface area contributed by atoms with Crippen LogP contribution in [-0.4, -0.2) is 37.1 Å². The number of hydrogen-bond donors (Lipinski definition) is 0. The van der Waals surface area contributed by atoms with Gasteiger partial charge >= 0.3 is 5.97 Å². The molecule has 0 saturated heterocycles. The Hall–Kier alpha value is -0.870. The minimum absolute atomic E-state index is 0.203. The summed E-state index contributed by atoms with van der Waals surface area (Å²) in [6, 6.07) is 3.76. The lowest BCUT2D eigenvalue weighted by molar-refractivity contribution is 0.0472. The van der Waals surface area contributed by atoms with Crippen LogP contribution in [-0.2, 0) is 4.74 Å². The van der Waals surface area contributed by atoms with Crippen LogP contribution in [0.25, 0.3) is 0 Å². The largest absolute Gasteiger partial charge is 0.460 e. The van der Waals surface area contributed by atoms with Crippen molar-refractivity contribution in [2.24, 2.45) is 0 Å². The van der Waals surface area contributed by atoms with Crippen LogP contribution in [0.5, 0.6) is 0 Å². The fourth-order valence-electron chi connectivity index (χ4n) is 1.42. The minimum Gasteiger partial charge on any atom is -0.460 e. The predicted molar refractivity (Wildman–Crippen MR) is 67.1 cm³/mol. The predicted octanol–water partition coefficient (Wildman–Crippen LogP) is 2.56. The maximum absolute atomic E-state index is 11.6. The molecule has 1 rings (SSSR count). The Morgan fingerprint density at radius 3 is 2.56 bits per heavy atom. The van der Waals surface area contributed by atoms with Crippen molar-refractivity contribution in [1.29, 1.82) is 0 Å². The number of hydrogen-bond acceptors (Lipinski definition) is 4. The van der Waals surface area contributed by atoms with E-state index in [0.717, 1.165) is 24.5 Å². The number of esters is 1. The summed E-state index contributed by atoms with van der Waals surface area (Å²) in [4.78, 5) is 15.6. The van der Waals surface area contributed by atoms with Crippen molar-refractivity contribution in [3.8, 4) is 0 Å². The Morgan fingerprint density at radius 2 is 2.06 bits per heavy atom. The lowest BCUT2D eigenvalue weighted by Crippen LogP contribution is -2.27. The molecule has 0 N–H and O–H groups in total. The van der Waals surface area contributed by atoms with E-state index in [1.165, 1.54) is 11.3 Å². The van der Waals surface area contributed by atoms with Crippen molar-refractivity contribution in [2.75, 3.05) is 26.2 Å². The molecule has 0 aliphatic heterocycles. The SMILES string of the molecule is CCN(CC)CCOC(=O)c1ccc(C)s1. The molecule has 0 amide bonds. The van der Waals surface area contributed by atoms with Crippen LogP contribution in [0.15, 0.2) is 12.1 Å². The molecule has 1 aromatic rings. The van der Waals surface area contributed by atoms with Gasteiger partial charge in [-0.25, -0.2) is 4.79 Å². The maximum Gasteiger partial charge on any atom is 0.348 e. The first-order valence-electron chi connectivity index (χ1n) is 5.63. The zero-order valence-electron chi connectivity index (χ0n) is 10.2. The van der Waals surface area contributed by atoms with Crippen LogP contribution in [0.3, 0.4) is 0 Å². The van der Waals surface area contributed by atoms with Gasteiger partial charge in [-0.3, -0.25) is 0 Å². The van der Waals surface area contributed by atoms with Gasteiger partial charge in [-0.1, -0.05) is 13.8 Å². The molecule has 0 fully saturated rings. The van der Waals surface area contributed by atoms with E-state index in [9.17, 15) is 4.79 Å². The van der Waals surface area contributed by atoms with Gasteiger partial charge in [0.1, 0.15) is 11.5 Å². The highest BCUT2D eigenvalue weighted by molar-refractivity contribution is 7.13. The molecule has 1 heterocycles. The minimum atomic E-state index is -0.203. The zero-order valence-corrected chi connectivity index (χ0v) is 11.0. The van der Waals surface area contributed by atoms with Crippen LogP contribution in [0.1, 0.15) is 28.4 Å². The third-order valence-corrected chi connectivity index (χ3v) is 3.46. The molecular weight excluding hydrogens is 222 g/mol. The lowest BCUT2D eigenvalue weighted by atomic mass is 10.4. The van der Waals surface area contributed by atoms with Gasteiger partial charge in [0.25, 0.3) is 0 Å². The summed E-state index contributed by atoms with van der Waals surface area (Å²) in [5.74, 6) is -0.203. The number of rotatable bonds is 6. The van der Waals surface area contributed by atoms with Gasteiger partial charge in [-0.15, -0.1) is 11.3 Å². The zero-order chi connectivity index (χ0) is 12.0. The van der Waals surface area contributed by atoms with Crippen LogP contribution in [0, 0.1) is 6.92 Å². The molecule has 0 aliphatic rings. The van der Waals surface area contributed by atoms with E-state index in [1.54, 1.807) is 0 Å². The molecule has 0 unspecified atom stereocenters. The summed E-state index contributed by atoms with van der Waals surface area (Å²) in [6.45, 7) is 9.46. The standard InChI is InChI=1S/C12H19NO2S/c1-4-13(5-2)8-9-15-12(14)11-7-6-10(3)16-11/h6-7H,4-5,8-9H2,1-3H3. The second-order valence-electron chi connectivity index (χ2n) is 3.57. The fraction of sp³-hybridized carbons (Fsp3) is 0.583. The Kier molecular flexibility index (Phi) is 5.49. The van der Waals surface area contributed by atoms with Crippen molar-refractivity contribution < 1.29 is 9.53 Å². The average Bonchev–Trinajstić information content (AvgIpc) is 2.71. The lowest BCUT2D eigenvalue weighted by Gasteiger charge is -2.17. The summed E-state index contributed by atoms with van der Waals surface area (Å²) in [5, 5.41) is 0. The molecular formula is C12H19NO2S. The number of ether oxygens (including phenoxy) is 1. The summed E-state index contributed by atoms with van der Waals surface area (Å²) < 4.78 is 5.21. The van der Waals surface area contributed by atoms with Gasteiger partial charge in [0.15, 0.2) is 0 Å². The molecule has 0 radical (unpaired) electrons. The first-order valence-corrected chi connectivity index (χ1v) is 6.45. The third kappa shape index (κ3) is 3.94. The molecule has 1 aromatic heterocycles. The van der Waals surface area contributed by atoms with E-state index in [1.807, 2.05) is 19.1 Å². The van der Waals surface area contributed by atoms with Crippen molar-refractivity contribution in [2.45, 2.75) is 20.8 Å². The second-order valence-corrected chi connectivity index (χ2v) is 4.86. The summed E-state index contributed by atoms with van der Waals surface area (Å²) in [7, 11) is 0. The van der Waals surface area contributed by atoms with E-state index < -0.39 is 0 Å². The summed E-state index contributed by atoms with van der Waals surface area (Å²) in [6.07, 6.45) is 0. The molecule has 0 saturated carbocycles. The Morgan fingerprint density at radius 1 is 1.38 bits per heavy atom. The molecule has 3 nitrogen and oxygen atoms in total. The van der Waals surface area contributed by atoms with Gasteiger partial charge < -0.3 is 9.64 Å². The van der Waals surface area contributed by atoms with E-state index in [2.05, 4.69) is 18.7 Å². The normalized spacial score (nSPS) is 10.8. The van der Waals surface area contributed by atoms with Gasteiger partial charge in [0, 0.05) is 11.4 Å². The highest BCUT2D eigenvalue weighted by Gasteiger charge is 2.09. The topological polar surface area (TPSA) is 29.5 Å². The molecule has 16 heavy (non-hydrogen) atoms. The van der Waals surface area contributed by atoms with Crippen LogP contribution >= 0.6 is 11.3 Å². The number of nitrogens with zero attached hydrogens (tertiary/aromatic N) is 1. The molecule has 0 aliphatic carbocycles. The van der Waals surface area contributed by atoms with Crippen molar-refractivity contribution >= 4 is 17.3 Å². The Bertz CT molecular complexity index is 332. The third-order valence-electron chi connectivity index (χ3n) is 2.48. The molecule has 0 atom stereocenters. The number of likely N-dealkylation sites (N-methyl/N-ethyl adjacent to an activating group) is 1. The molecule has 4 heteroatoms. The fourth-order valence-corrected chi connectivity index (χ4v) is 2.18.